The van der Waals surface area contributed by atoms with E-state index in [2.05, 4.69) is 0 Å². The van der Waals surface area contributed by atoms with Gasteiger partial charge in [0.2, 0.25) is 0 Å². The van der Waals surface area contributed by atoms with Gasteiger partial charge in [-0.25, -0.2) is 0 Å². The summed E-state index contributed by atoms with van der Waals surface area (Å²) in [4.78, 5) is 0. The zero-order chi connectivity index (χ0) is 13.9. The molecule has 1 unspecified atom stereocenters. The highest BCUT2D eigenvalue weighted by Gasteiger charge is 2.23. The minimum atomic E-state index is -0.545. The van der Waals surface area contributed by atoms with Gasteiger partial charge in [0.1, 0.15) is 5.75 Å². The van der Waals surface area contributed by atoms with Crippen LogP contribution in [0, 0.1) is 0 Å². The van der Waals surface area contributed by atoms with E-state index in [0.29, 0.717) is 17.5 Å². The van der Waals surface area contributed by atoms with Crippen molar-refractivity contribution in [2.24, 2.45) is 0 Å². The van der Waals surface area contributed by atoms with Crippen LogP contribution in [0.5, 0.6) is 5.75 Å². The molecule has 1 N–H and O–H groups in total. The van der Waals surface area contributed by atoms with Crippen LogP contribution in [0.3, 0.4) is 0 Å². The van der Waals surface area contributed by atoms with Crippen LogP contribution >= 0.6 is 11.6 Å². The van der Waals surface area contributed by atoms with Gasteiger partial charge in [-0.2, -0.15) is 0 Å². The van der Waals surface area contributed by atoms with Gasteiger partial charge < -0.3 is 9.84 Å². The maximum absolute atomic E-state index is 10.3. The second-order valence-electron chi connectivity index (χ2n) is 5.24. The van der Waals surface area contributed by atoms with Gasteiger partial charge in [-0.15, -0.1) is 0 Å². The van der Waals surface area contributed by atoms with Crippen molar-refractivity contribution in [2.45, 2.75) is 31.5 Å². The van der Waals surface area contributed by atoms with Crippen molar-refractivity contribution in [3.05, 3.63) is 64.7 Å². The lowest BCUT2D eigenvalue weighted by molar-refractivity contribution is 0.177. The molecule has 2 aromatic rings. The first kappa shape index (κ1) is 13.5. The number of aliphatic hydroxyl groups is 1. The maximum atomic E-state index is 10.3. The number of hydrogen-bond donors (Lipinski definition) is 1. The van der Waals surface area contributed by atoms with E-state index < -0.39 is 6.10 Å². The SMILES string of the molecule is OC(Cc1cccc(Cl)c1)c1cccc(OC2CC2)c1. The molecule has 1 saturated carbocycles. The number of aliphatic hydroxyl groups excluding tert-OH is 1. The Hall–Kier alpha value is -1.51. The summed E-state index contributed by atoms with van der Waals surface area (Å²) in [6.07, 6.45) is 2.64. The smallest absolute Gasteiger partial charge is 0.120 e. The maximum Gasteiger partial charge on any atom is 0.120 e. The summed E-state index contributed by atoms with van der Waals surface area (Å²) in [6.45, 7) is 0. The molecule has 2 nitrogen and oxygen atoms in total. The molecule has 3 rings (SSSR count). The molecule has 2 aromatic carbocycles. The fraction of sp³-hybridized carbons (Fsp3) is 0.294. The predicted molar refractivity (Wildman–Crippen MR) is 80.2 cm³/mol. The van der Waals surface area contributed by atoms with Crippen molar-refractivity contribution < 1.29 is 9.84 Å². The monoisotopic (exact) mass is 288 g/mol. The molecule has 3 heteroatoms. The van der Waals surface area contributed by atoms with Crippen LogP contribution < -0.4 is 4.74 Å². The van der Waals surface area contributed by atoms with Crippen LogP contribution in [0.1, 0.15) is 30.1 Å². The zero-order valence-electron chi connectivity index (χ0n) is 11.1. The number of benzene rings is 2. The lowest BCUT2D eigenvalue weighted by Crippen LogP contribution is -2.03. The Kier molecular flexibility index (Phi) is 3.95. The molecule has 1 aliphatic carbocycles. The predicted octanol–water partition coefficient (Wildman–Crippen LogP) is 4.16. The van der Waals surface area contributed by atoms with Gasteiger partial charge in [-0.3, -0.25) is 0 Å². The van der Waals surface area contributed by atoms with Crippen LogP contribution in [0.2, 0.25) is 5.02 Å². The molecule has 0 spiro atoms. The lowest BCUT2D eigenvalue weighted by Gasteiger charge is -2.13. The van der Waals surface area contributed by atoms with Crippen molar-refractivity contribution in [1.29, 1.82) is 0 Å². The number of ether oxygens (including phenoxy) is 1. The largest absolute Gasteiger partial charge is 0.490 e. The van der Waals surface area contributed by atoms with E-state index in [9.17, 15) is 5.11 Å². The second kappa shape index (κ2) is 5.86. The number of rotatable bonds is 5. The Bertz CT molecular complexity index is 593. The molecular formula is C17H17ClO2. The third-order valence-corrected chi connectivity index (χ3v) is 3.62. The minimum absolute atomic E-state index is 0.371. The standard InChI is InChI=1S/C17H17ClO2/c18-14-5-1-3-12(9-14)10-17(19)13-4-2-6-16(11-13)20-15-7-8-15/h1-6,9,11,15,17,19H,7-8,10H2. The summed E-state index contributed by atoms with van der Waals surface area (Å²) in [5.74, 6) is 0.843. The third-order valence-electron chi connectivity index (χ3n) is 3.39. The van der Waals surface area contributed by atoms with Gasteiger partial charge in [0.15, 0.2) is 0 Å². The number of hydrogen-bond acceptors (Lipinski definition) is 2. The molecule has 1 atom stereocenters. The Labute approximate surface area is 124 Å². The van der Waals surface area contributed by atoms with E-state index in [1.54, 1.807) is 0 Å². The van der Waals surface area contributed by atoms with E-state index in [1.165, 1.54) is 0 Å². The van der Waals surface area contributed by atoms with Crippen molar-refractivity contribution in [1.82, 2.24) is 0 Å². The Morgan fingerprint density at radius 3 is 2.70 bits per heavy atom. The van der Waals surface area contributed by atoms with E-state index >= 15 is 0 Å². The molecule has 0 aliphatic heterocycles. The molecule has 0 radical (unpaired) electrons. The summed E-state index contributed by atoms with van der Waals surface area (Å²) >= 11 is 5.96. The van der Waals surface area contributed by atoms with E-state index in [-0.39, 0.29) is 0 Å². The minimum Gasteiger partial charge on any atom is -0.490 e. The van der Waals surface area contributed by atoms with Crippen molar-refractivity contribution in [3.63, 3.8) is 0 Å². The van der Waals surface area contributed by atoms with E-state index in [0.717, 1.165) is 29.7 Å². The van der Waals surface area contributed by atoms with Crippen LogP contribution in [0.15, 0.2) is 48.5 Å². The summed E-state index contributed by atoms with van der Waals surface area (Å²) in [6, 6.07) is 15.3. The fourth-order valence-electron chi connectivity index (χ4n) is 2.18. The second-order valence-corrected chi connectivity index (χ2v) is 5.68. The molecular weight excluding hydrogens is 272 g/mol. The molecule has 20 heavy (non-hydrogen) atoms. The molecule has 1 fully saturated rings. The molecule has 0 heterocycles. The Morgan fingerprint density at radius 2 is 1.95 bits per heavy atom. The van der Waals surface area contributed by atoms with Crippen molar-refractivity contribution in [3.8, 4) is 5.75 Å². The van der Waals surface area contributed by atoms with E-state index in [1.807, 2.05) is 48.5 Å². The molecule has 1 aliphatic rings. The Balaban J connectivity index is 1.71. The van der Waals surface area contributed by atoms with Crippen LogP contribution in [0.4, 0.5) is 0 Å². The Morgan fingerprint density at radius 1 is 1.15 bits per heavy atom. The zero-order valence-corrected chi connectivity index (χ0v) is 11.9. The molecule has 104 valence electrons. The number of halogens is 1. The summed E-state index contributed by atoms with van der Waals surface area (Å²) in [5, 5.41) is 11.0. The van der Waals surface area contributed by atoms with E-state index in [4.69, 9.17) is 16.3 Å². The third kappa shape index (κ3) is 3.53. The average Bonchev–Trinajstić information content (AvgIpc) is 3.23. The van der Waals surface area contributed by atoms with Gasteiger partial charge in [0.05, 0.1) is 12.2 Å². The highest BCUT2D eigenvalue weighted by atomic mass is 35.5. The lowest BCUT2D eigenvalue weighted by atomic mass is 10.0. The fourth-order valence-corrected chi connectivity index (χ4v) is 2.39. The van der Waals surface area contributed by atoms with Crippen LogP contribution in [0.25, 0.3) is 0 Å². The highest BCUT2D eigenvalue weighted by molar-refractivity contribution is 6.30. The summed E-state index contributed by atoms with van der Waals surface area (Å²) in [5.41, 5.74) is 1.90. The molecule has 0 amide bonds. The molecule has 0 aromatic heterocycles. The summed E-state index contributed by atoms with van der Waals surface area (Å²) < 4.78 is 5.75. The topological polar surface area (TPSA) is 29.5 Å². The quantitative estimate of drug-likeness (QED) is 0.895. The van der Waals surface area contributed by atoms with Crippen molar-refractivity contribution in [2.75, 3.05) is 0 Å². The average molecular weight is 289 g/mol. The van der Waals surface area contributed by atoms with Gasteiger partial charge in [0, 0.05) is 11.4 Å². The van der Waals surface area contributed by atoms with Crippen molar-refractivity contribution >= 4 is 11.6 Å². The normalized spacial score (nSPS) is 15.9. The van der Waals surface area contributed by atoms with Gasteiger partial charge in [-0.1, -0.05) is 35.9 Å². The molecule has 0 saturated heterocycles. The first-order valence-corrected chi connectivity index (χ1v) is 7.27. The first-order chi connectivity index (χ1) is 9.70. The molecule has 0 bridgehead atoms. The van der Waals surface area contributed by atoms with Crippen LogP contribution in [-0.4, -0.2) is 11.2 Å². The van der Waals surface area contributed by atoms with Gasteiger partial charge in [-0.05, 0) is 48.2 Å². The summed E-state index contributed by atoms with van der Waals surface area (Å²) in [7, 11) is 0. The van der Waals surface area contributed by atoms with Gasteiger partial charge >= 0.3 is 0 Å². The van der Waals surface area contributed by atoms with Gasteiger partial charge in [0.25, 0.3) is 0 Å². The first-order valence-electron chi connectivity index (χ1n) is 6.90. The van der Waals surface area contributed by atoms with Crippen LogP contribution in [-0.2, 0) is 6.42 Å². The highest BCUT2D eigenvalue weighted by Crippen LogP contribution is 2.29.